The van der Waals surface area contributed by atoms with Gasteiger partial charge in [0.15, 0.2) is 0 Å². The minimum absolute atomic E-state index is 0.296. The number of fused-ring (bicyclic) bond motifs is 1. The van der Waals surface area contributed by atoms with Crippen molar-refractivity contribution in [2.45, 2.75) is 6.42 Å². The number of hydrogen-bond acceptors (Lipinski definition) is 3. The first-order chi connectivity index (χ1) is 11.2. The smallest absolute Gasteiger partial charge is 0.251 e. The summed E-state index contributed by atoms with van der Waals surface area (Å²) in [5.41, 5.74) is 3.03. The Labute approximate surface area is 132 Å². The van der Waals surface area contributed by atoms with Gasteiger partial charge in [0, 0.05) is 24.4 Å². The molecule has 0 unspecified atom stereocenters. The second-order valence-corrected chi connectivity index (χ2v) is 5.08. The van der Waals surface area contributed by atoms with Crippen molar-refractivity contribution in [3.63, 3.8) is 0 Å². The van der Waals surface area contributed by atoms with E-state index in [0.717, 1.165) is 16.6 Å². The molecular weight excluding hydrogens is 297 g/mol. The number of aromatic amines is 1. The predicted molar refractivity (Wildman–Crippen MR) is 85.1 cm³/mol. The summed E-state index contributed by atoms with van der Waals surface area (Å²) in [6.45, 7) is 0.432. The molecule has 0 aliphatic rings. The van der Waals surface area contributed by atoms with E-state index in [-0.39, 0.29) is 5.91 Å². The zero-order valence-electron chi connectivity index (χ0n) is 12.6. The minimum atomic E-state index is -0.425. The number of hydrogen-bond donors (Lipinski definition) is 2. The number of halogens is 1. The average Bonchev–Trinajstić information content (AvgIpc) is 2.97. The van der Waals surface area contributed by atoms with Crippen LogP contribution in [0.25, 0.3) is 11.0 Å². The van der Waals surface area contributed by atoms with Gasteiger partial charge in [-0.1, -0.05) is 6.07 Å². The van der Waals surface area contributed by atoms with Crippen LogP contribution in [0.1, 0.15) is 15.9 Å². The standard InChI is InChI=1S/C17H16FN3O2/c1-23-15-6-5-14-16(21-15)12(10-20-14)7-8-19-17(22)11-3-2-4-13(18)9-11/h2-6,9-10,20H,7-8H2,1H3,(H,19,22). The number of carbonyl (C=O) groups is 1. The van der Waals surface area contributed by atoms with E-state index in [1.165, 1.54) is 18.2 Å². The number of benzene rings is 1. The van der Waals surface area contributed by atoms with E-state index in [1.807, 2.05) is 12.3 Å². The van der Waals surface area contributed by atoms with Crippen molar-refractivity contribution in [1.29, 1.82) is 0 Å². The summed E-state index contributed by atoms with van der Waals surface area (Å²) in [6, 6.07) is 9.30. The van der Waals surface area contributed by atoms with Gasteiger partial charge >= 0.3 is 0 Å². The maximum Gasteiger partial charge on any atom is 0.251 e. The molecule has 0 radical (unpaired) electrons. The largest absolute Gasteiger partial charge is 0.481 e. The second-order valence-electron chi connectivity index (χ2n) is 5.08. The number of rotatable bonds is 5. The van der Waals surface area contributed by atoms with Crippen molar-refractivity contribution in [3.05, 3.63) is 59.5 Å². The maximum atomic E-state index is 13.1. The van der Waals surface area contributed by atoms with Crippen LogP contribution in [0.3, 0.4) is 0 Å². The molecule has 3 aromatic rings. The van der Waals surface area contributed by atoms with E-state index in [2.05, 4.69) is 15.3 Å². The molecule has 0 aliphatic carbocycles. The third-order valence-electron chi connectivity index (χ3n) is 3.55. The number of amides is 1. The molecule has 2 heterocycles. The summed E-state index contributed by atoms with van der Waals surface area (Å²) in [5, 5.41) is 2.78. The number of methoxy groups -OCH3 is 1. The number of aromatic nitrogens is 2. The van der Waals surface area contributed by atoms with Crippen molar-refractivity contribution >= 4 is 16.9 Å². The van der Waals surface area contributed by atoms with Gasteiger partial charge in [-0.25, -0.2) is 9.37 Å². The van der Waals surface area contributed by atoms with Gasteiger partial charge in [-0.05, 0) is 36.2 Å². The fourth-order valence-electron chi connectivity index (χ4n) is 2.38. The highest BCUT2D eigenvalue weighted by Gasteiger charge is 2.09. The van der Waals surface area contributed by atoms with E-state index in [9.17, 15) is 9.18 Å². The summed E-state index contributed by atoms with van der Waals surface area (Å²) in [6.07, 6.45) is 2.48. The number of nitrogens with one attached hydrogen (secondary N) is 2. The van der Waals surface area contributed by atoms with Crippen LogP contribution in [-0.2, 0) is 6.42 Å². The van der Waals surface area contributed by atoms with Crippen LogP contribution in [0.15, 0.2) is 42.6 Å². The highest BCUT2D eigenvalue weighted by atomic mass is 19.1. The average molecular weight is 313 g/mol. The van der Waals surface area contributed by atoms with Crippen LogP contribution in [0.5, 0.6) is 5.88 Å². The Morgan fingerprint density at radius 3 is 3.00 bits per heavy atom. The molecule has 118 valence electrons. The Hall–Kier alpha value is -2.89. The van der Waals surface area contributed by atoms with E-state index in [0.29, 0.717) is 24.4 Å². The highest BCUT2D eigenvalue weighted by molar-refractivity contribution is 5.94. The lowest BCUT2D eigenvalue weighted by molar-refractivity contribution is 0.0953. The van der Waals surface area contributed by atoms with Gasteiger partial charge in [-0.15, -0.1) is 0 Å². The summed E-state index contributed by atoms with van der Waals surface area (Å²) in [7, 11) is 1.57. The van der Waals surface area contributed by atoms with E-state index in [4.69, 9.17) is 4.74 Å². The van der Waals surface area contributed by atoms with Crippen molar-refractivity contribution in [2.24, 2.45) is 0 Å². The number of ether oxygens (including phenoxy) is 1. The van der Waals surface area contributed by atoms with Crippen LogP contribution < -0.4 is 10.1 Å². The first kappa shape index (κ1) is 15.0. The number of carbonyl (C=O) groups excluding carboxylic acids is 1. The summed E-state index contributed by atoms with van der Waals surface area (Å²) in [5.74, 6) is -0.178. The van der Waals surface area contributed by atoms with Gasteiger partial charge in [0.2, 0.25) is 5.88 Å². The van der Waals surface area contributed by atoms with Crippen LogP contribution >= 0.6 is 0 Å². The lowest BCUT2D eigenvalue weighted by Crippen LogP contribution is -2.25. The zero-order chi connectivity index (χ0) is 16.2. The quantitative estimate of drug-likeness (QED) is 0.761. The molecule has 0 aliphatic heterocycles. The minimum Gasteiger partial charge on any atom is -0.481 e. The third kappa shape index (κ3) is 3.31. The molecule has 0 fully saturated rings. The molecule has 23 heavy (non-hydrogen) atoms. The Balaban J connectivity index is 1.66. The van der Waals surface area contributed by atoms with Gasteiger partial charge in [-0.3, -0.25) is 4.79 Å². The van der Waals surface area contributed by atoms with Gasteiger partial charge < -0.3 is 15.0 Å². The van der Waals surface area contributed by atoms with Crippen molar-refractivity contribution in [2.75, 3.05) is 13.7 Å². The fourth-order valence-corrected chi connectivity index (χ4v) is 2.38. The number of H-pyrrole nitrogens is 1. The maximum absolute atomic E-state index is 13.1. The van der Waals surface area contributed by atoms with Crippen LogP contribution in [0.4, 0.5) is 4.39 Å². The molecule has 0 bridgehead atoms. The number of pyridine rings is 1. The highest BCUT2D eigenvalue weighted by Crippen LogP contribution is 2.19. The van der Waals surface area contributed by atoms with Crippen LogP contribution in [0.2, 0.25) is 0 Å². The molecule has 6 heteroatoms. The molecule has 1 amide bonds. The lowest BCUT2D eigenvalue weighted by atomic mass is 10.2. The van der Waals surface area contributed by atoms with Crippen molar-refractivity contribution in [1.82, 2.24) is 15.3 Å². The van der Waals surface area contributed by atoms with Crippen LogP contribution in [0, 0.1) is 5.82 Å². The first-order valence-corrected chi connectivity index (χ1v) is 7.22. The molecule has 0 saturated carbocycles. The van der Waals surface area contributed by atoms with E-state index < -0.39 is 5.82 Å². The van der Waals surface area contributed by atoms with Crippen LogP contribution in [-0.4, -0.2) is 29.5 Å². The Morgan fingerprint density at radius 1 is 1.35 bits per heavy atom. The van der Waals surface area contributed by atoms with E-state index >= 15 is 0 Å². The predicted octanol–water partition coefficient (Wildman–Crippen LogP) is 2.68. The summed E-state index contributed by atoms with van der Waals surface area (Å²) < 4.78 is 18.2. The van der Waals surface area contributed by atoms with Crippen molar-refractivity contribution < 1.29 is 13.9 Å². The monoisotopic (exact) mass is 313 g/mol. The van der Waals surface area contributed by atoms with Gasteiger partial charge in [0.1, 0.15) is 5.82 Å². The summed E-state index contributed by atoms with van der Waals surface area (Å²) >= 11 is 0. The topological polar surface area (TPSA) is 67.0 Å². The van der Waals surface area contributed by atoms with Crippen molar-refractivity contribution in [3.8, 4) is 5.88 Å². The normalized spacial score (nSPS) is 10.7. The first-order valence-electron chi connectivity index (χ1n) is 7.22. The second kappa shape index (κ2) is 6.48. The van der Waals surface area contributed by atoms with Gasteiger partial charge in [-0.2, -0.15) is 0 Å². The molecule has 1 aromatic carbocycles. The van der Waals surface area contributed by atoms with Gasteiger partial charge in [0.25, 0.3) is 5.91 Å². The molecular formula is C17H16FN3O2. The molecule has 2 aromatic heterocycles. The fraction of sp³-hybridized carbons (Fsp3) is 0.176. The molecule has 2 N–H and O–H groups in total. The lowest BCUT2D eigenvalue weighted by Gasteiger charge is -2.05. The Kier molecular flexibility index (Phi) is 4.23. The molecule has 0 spiro atoms. The zero-order valence-corrected chi connectivity index (χ0v) is 12.6. The molecule has 5 nitrogen and oxygen atoms in total. The van der Waals surface area contributed by atoms with Gasteiger partial charge in [0.05, 0.1) is 18.1 Å². The Bertz CT molecular complexity index is 845. The Morgan fingerprint density at radius 2 is 2.22 bits per heavy atom. The van der Waals surface area contributed by atoms with E-state index in [1.54, 1.807) is 19.2 Å². The molecule has 0 saturated heterocycles. The number of nitrogens with zero attached hydrogens (tertiary/aromatic N) is 1. The molecule has 0 atom stereocenters. The summed E-state index contributed by atoms with van der Waals surface area (Å²) in [4.78, 5) is 19.5. The SMILES string of the molecule is COc1ccc2[nH]cc(CCNC(=O)c3cccc(F)c3)c2n1. The molecule has 3 rings (SSSR count). The third-order valence-corrected chi connectivity index (χ3v) is 3.55.